The van der Waals surface area contributed by atoms with Gasteiger partial charge in [0.1, 0.15) is 5.76 Å². The first-order valence-electron chi connectivity index (χ1n) is 10.2. The summed E-state index contributed by atoms with van der Waals surface area (Å²) in [6, 6.07) is 10.6. The highest BCUT2D eigenvalue weighted by molar-refractivity contribution is 6.46. The van der Waals surface area contributed by atoms with E-state index >= 15 is 0 Å². The van der Waals surface area contributed by atoms with E-state index in [0.717, 1.165) is 0 Å². The number of carboxylic acid groups (broad SMARTS) is 1. The number of benzene rings is 2. The lowest BCUT2D eigenvalue weighted by molar-refractivity contribution is -0.384. The van der Waals surface area contributed by atoms with Gasteiger partial charge in [0.15, 0.2) is 0 Å². The molecule has 0 saturated carbocycles. The van der Waals surface area contributed by atoms with Gasteiger partial charge in [-0.2, -0.15) is 0 Å². The summed E-state index contributed by atoms with van der Waals surface area (Å²) in [6.45, 7) is 0.120. The number of amides is 1. The van der Waals surface area contributed by atoms with Gasteiger partial charge >= 0.3 is 5.97 Å². The molecule has 1 aliphatic heterocycles. The molecule has 3 rings (SSSR count). The van der Waals surface area contributed by atoms with Crippen LogP contribution in [-0.4, -0.2) is 44.2 Å². The monoisotopic (exact) mass is 472 g/mol. The summed E-state index contributed by atoms with van der Waals surface area (Å²) in [5, 5.41) is 31.4. The van der Waals surface area contributed by atoms with Crippen molar-refractivity contribution in [2.45, 2.75) is 31.7 Å². The molecule has 1 fully saturated rings. The van der Waals surface area contributed by atoms with Crippen LogP contribution < -0.4 is 0 Å². The summed E-state index contributed by atoms with van der Waals surface area (Å²) >= 11 is 5.90. The van der Waals surface area contributed by atoms with Crippen molar-refractivity contribution in [1.29, 1.82) is 0 Å². The number of aliphatic hydroxyl groups excluding tert-OH is 1. The molecule has 0 bridgehead atoms. The Morgan fingerprint density at radius 3 is 2.39 bits per heavy atom. The van der Waals surface area contributed by atoms with Crippen molar-refractivity contribution in [2.75, 3.05) is 6.54 Å². The van der Waals surface area contributed by atoms with Crippen molar-refractivity contribution in [3.63, 3.8) is 0 Å². The van der Waals surface area contributed by atoms with E-state index in [1.54, 1.807) is 6.07 Å². The number of Topliss-reactive ketones (excluding diaryl/α,β-unsaturated/α-hetero) is 1. The van der Waals surface area contributed by atoms with Crippen molar-refractivity contribution < 1.29 is 29.5 Å². The highest BCUT2D eigenvalue weighted by Gasteiger charge is 2.46. The summed E-state index contributed by atoms with van der Waals surface area (Å²) in [5.74, 6) is -3.06. The number of unbranched alkanes of at least 4 members (excludes halogenated alkanes) is 2. The molecule has 33 heavy (non-hydrogen) atoms. The van der Waals surface area contributed by atoms with Crippen LogP contribution in [0.15, 0.2) is 54.1 Å². The van der Waals surface area contributed by atoms with Crippen LogP contribution in [0.1, 0.15) is 42.9 Å². The molecule has 1 atom stereocenters. The van der Waals surface area contributed by atoms with Crippen molar-refractivity contribution in [2.24, 2.45) is 0 Å². The molecule has 9 nitrogen and oxygen atoms in total. The first-order chi connectivity index (χ1) is 15.7. The summed E-state index contributed by atoms with van der Waals surface area (Å²) in [5.41, 5.74) is 0.193. The van der Waals surface area contributed by atoms with E-state index in [4.69, 9.17) is 16.7 Å². The van der Waals surface area contributed by atoms with E-state index in [9.17, 15) is 29.6 Å². The van der Waals surface area contributed by atoms with Crippen LogP contribution in [0, 0.1) is 10.1 Å². The van der Waals surface area contributed by atoms with Crippen LogP contribution in [0.5, 0.6) is 0 Å². The Hall–Kier alpha value is -3.72. The molecule has 0 radical (unpaired) electrons. The highest BCUT2D eigenvalue weighted by atomic mass is 35.5. The fourth-order valence-electron chi connectivity index (χ4n) is 3.76. The summed E-state index contributed by atoms with van der Waals surface area (Å²) in [7, 11) is 0. The largest absolute Gasteiger partial charge is 0.507 e. The van der Waals surface area contributed by atoms with Crippen molar-refractivity contribution in [3.8, 4) is 0 Å². The number of nitrogens with zero attached hydrogens (tertiary/aromatic N) is 2. The predicted molar refractivity (Wildman–Crippen MR) is 120 cm³/mol. The molecule has 0 spiro atoms. The number of hydrogen-bond donors (Lipinski definition) is 2. The minimum atomic E-state index is -1.03. The van der Waals surface area contributed by atoms with Gasteiger partial charge in [-0.15, -0.1) is 0 Å². The Labute approximate surface area is 194 Å². The Kier molecular flexibility index (Phi) is 7.44. The molecule has 0 aromatic heterocycles. The molecule has 2 N–H and O–H groups in total. The molecule has 172 valence electrons. The highest BCUT2D eigenvalue weighted by Crippen LogP contribution is 2.40. The maximum absolute atomic E-state index is 12.9. The van der Waals surface area contributed by atoms with E-state index in [1.807, 2.05) is 0 Å². The topological polar surface area (TPSA) is 138 Å². The summed E-state index contributed by atoms with van der Waals surface area (Å²) in [4.78, 5) is 48.5. The third-order valence-corrected chi connectivity index (χ3v) is 5.60. The molecule has 2 aromatic rings. The average molecular weight is 473 g/mol. The van der Waals surface area contributed by atoms with Crippen LogP contribution in [0.4, 0.5) is 5.69 Å². The second-order valence-corrected chi connectivity index (χ2v) is 7.99. The number of aliphatic hydroxyl groups is 1. The number of halogens is 1. The number of likely N-dealkylation sites (tertiary alicyclic amines) is 1. The van der Waals surface area contributed by atoms with Crippen LogP contribution >= 0.6 is 11.6 Å². The molecule has 0 unspecified atom stereocenters. The van der Waals surface area contributed by atoms with Crippen molar-refractivity contribution >= 4 is 40.7 Å². The van der Waals surface area contributed by atoms with Crippen molar-refractivity contribution in [1.82, 2.24) is 4.90 Å². The number of ketones is 1. The van der Waals surface area contributed by atoms with Gasteiger partial charge in [-0.25, -0.2) is 0 Å². The van der Waals surface area contributed by atoms with Gasteiger partial charge in [0.25, 0.3) is 17.4 Å². The van der Waals surface area contributed by atoms with E-state index in [1.165, 1.54) is 47.4 Å². The number of hydrogen-bond acceptors (Lipinski definition) is 6. The van der Waals surface area contributed by atoms with E-state index in [2.05, 4.69) is 0 Å². The molecule has 0 aliphatic carbocycles. The van der Waals surface area contributed by atoms with E-state index in [-0.39, 0.29) is 29.8 Å². The minimum Gasteiger partial charge on any atom is -0.507 e. The smallest absolute Gasteiger partial charge is 0.303 e. The third kappa shape index (κ3) is 5.38. The standard InChI is InChI=1S/C23H21ClN2O7/c24-16-10-8-14(9-11-16)21(29)19-20(15-5-4-6-17(13-15)26(32)33)25(23(31)22(19)30)12-3-1-2-7-18(27)28/h4-6,8-11,13,20,29H,1-3,7,12H2,(H,27,28)/t20-/m0/s1. The van der Waals surface area contributed by atoms with E-state index in [0.29, 0.717) is 29.8 Å². The number of non-ortho nitro benzene ring substituents is 1. The first-order valence-corrected chi connectivity index (χ1v) is 10.6. The van der Waals surface area contributed by atoms with Crippen LogP contribution in [-0.2, 0) is 14.4 Å². The molecule has 1 amide bonds. The number of carbonyl (C=O) groups is 3. The zero-order valence-electron chi connectivity index (χ0n) is 17.4. The van der Waals surface area contributed by atoms with Crippen LogP contribution in [0.3, 0.4) is 0 Å². The average Bonchev–Trinajstić information content (AvgIpc) is 3.03. The number of nitro benzene ring substituents is 1. The van der Waals surface area contributed by atoms with Gasteiger partial charge in [0.05, 0.1) is 16.5 Å². The maximum atomic E-state index is 12.9. The number of nitro groups is 1. The number of carbonyl (C=O) groups excluding carboxylic acids is 2. The quantitative estimate of drug-likeness (QED) is 0.138. The lowest BCUT2D eigenvalue weighted by Crippen LogP contribution is -2.30. The fourth-order valence-corrected chi connectivity index (χ4v) is 3.89. The first kappa shape index (κ1) is 23.9. The molecule has 10 heteroatoms. The number of carboxylic acids is 1. The van der Waals surface area contributed by atoms with Crippen LogP contribution in [0.25, 0.3) is 5.76 Å². The van der Waals surface area contributed by atoms with Gasteiger partial charge in [-0.05, 0) is 42.7 Å². The Bertz CT molecular complexity index is 1130. The van der Waals surface area contributed by atoms with Crippen molar-refractivity contribution in [3.05, 3.63) is 80.4 Å². The van der Waals surface area contributed by atoms with Gasteiger partial charge in [-0.3, -0.25) is 24.5 Å². The molecule has 1 heterocycles. The van der Waals surface area contributed by atoms with Gasteiger partial charge in [0, 0.05) is 35.7 Å². The Morgan fingerprint density at radius 2 is 1.76 bits per heavy atom. The second-order valence-electron chi connectivity index (χ2n) is 7.56. The number of aliphatic carboxylic acids is 1. The molecule has 1 saturated heterocycles. The lowest BCUT2D eigenvalue weighted by Gasteiger charge is -2.25. The molecular weight excluding hydrogens is 452 g/mol. The normalized spacial score (nSPS) is 17.4. The van der Waals surface area contributed by atoms with Gasteiger partial charge < -0.3 is 15.1 Å². The molecule has 2 aromatic carbocycles. The SMILES string of the molecule is O=C(O)CCCCCN1C(=O)C(=O)C(=C(O)c2ccc(Cl)cc2)[C@@H]1c1cccc([N+](=O)[O-])c1. The maximum Gasteiger partial charge on any atom is 0.303 e. The van der Waals surface area contributed by atoms with E-state index < -0.39 is 34.4 Å². The fraction of sp³-hybridized carbons (Fsp3) is 0.261. The zero-order chi connectivity index (χ0) is 24.1. The lowest BCUT2D eigenvalue weighted by atomic mass is 9.95. The Morgan fingerprint density at radius 1 is 1.06 bits per heavy atom. The minimum absolute atomic E-state index is 0.0102. The molecular formula is C23H21ClN2O7. The Balaban J connectivity index is 2.02. The number of rotatable bonds is 9. The predicted octanol–water partition coefficient (Wildman–Crippen LogP) is 4.31. The van der Waals surface area contributed by atoms with Gasteiger partial charge in [0.2, 0.25) is 0 Å². The third-order valence-electron chi connectivity index (χ3n) is 5.34. The summed E-state index contributed by atoms with van der Waals surface area (Å²) in [6.07, 6.45) is 1.33. The van der Waals surface area contributed by atoms with Gasteiger partial charge in [-0.1, -0.05) is 30.2 Å². The van der Waals surface area contributed by atoms with Crippen LogP contribution in [0.2, 0.25) is 5.02 Å². The second kappa shape index (κ2) is 10.3. The zero-order valence-corrected chi connectivity index (χ0v) is 18.2. The molecule has 1 aliphatic rings. The summed E-state index contributed by atoms with van der Waals surface area (Å²) < 4.78 is 0.